The van der Waals surface area contributed by atoms with Crippen molar-refractivity contribution in [3.05, 3.63) is 163 Å². The highest BCUT2D eigenvalue weighted by molar-refractivity contribution is 7.25. The molecule has 0 atom stereocenters. The van der Waals surface area contributed by atoms with E-state index in [0.29, 0.717) is 0 Å². The van der Waals surface area contributed by atoms with Gasteiger partial charge >= 0.3 is 0 Å². The van der Waals surface area contributed by atoms with Gasteiger partial charge in [-0.15, -0.1) is 11.3 Å². The van der Waals surface area contributed by atoms with Crippen molar-refractivity contribution >= 4 is 59.3 Å². The van der Waals surface area contributed by atoms with Crippen LogP contribution in [-0.2, 0) is 5.41 Å². The van der Waals surface area contributed by atoms with Crippen LogP contribution in [0.4, 0.5) is 17.1 Å². The second-order valence-corrected chi connectivity index (χ2v) is 17.3. The summed E-state index contributed by atoms with van der Waals surface area (Å²) in [5, 5.41) is 5.18. The fourth-order valence-corrected chi connectivity index (χ4v) is 12.9. The molecular formula is C50H39NS. The number of nitrogens with zero attached hydrogens (tertiary/aromatic N) is 1. The molecule has 1 spiro atoms. The lowest BCUT2D eigenvalue weighted by Crippen LogP contribution is -2.55. The first-order chi connectivity index (χ1) is 25.7. The van der Waals surface area contributed by atoms with Gasteiger partial charge in [0.2, 0.25) is 0 Å². The molecule has 52 heavy (non-hydrogen) atoms. The quantitative estimate of drug-likeness (QED) is 0.178. The molecule has 2 heteroatoms. The summed E-state index contributed by atoms with van der Waals surface area (Å²) in [7, 11) is 0. The van der Waals surface area contributed by atoms with Crippen LogP contribution in [0.1, 0.15) is 43.2 Å². The van der Waals surface area contributed by atoms with Crippen LogP contribution < -0.4 is 4.90 Å². The van der Waals surface area contributed by atoms with E-state index in [-0.39, 0.29) is 5.41 Å². The van der Waals surface area contributed by atoms with Gasteiger partial charge in [0.05, 0.1) is 0 Å². The molecule has 0 N–H and O–H groups in total. The molecule has 13 rings (SSSR count). The highest BCUT2D eigenvalue weighted by atomic mass is 32.1. The Bertz CT molecular complexity index is 2690. The Morgan fingerprint density at radius 3 is 1.92 bits per heavy atom. The van der Waals surface area contributed by atoms with Gasteiger partial charge in [-0.1, -0.05) is 103 Å². The maximum absolute atomic E-state index is 2.61. The molecule has 4 fully saturated rings. The molecule has 4 saturated carbocycles. The van der Waals surface area contributed by atoms with Crippen LogP contribution in [-0.4, -0.2) is 0 Å². The van der Waals surface area contributed by atoms with Crippen LogP contribution in [0.5, 0.6) is 0 Å². The van der Waals surface area contributed by atoms with Gasteiger partial charge in [-0.25, -0.2) is 0 Å². The van der Waals surface area contributed by atoms with Crippen molar-refractivity contribution < 1.29 is 0 Å². The predicted octanol–water partition coefficient (Wildman–Crippen LogP) is 14.1. The predicted molar refractivity (Wildman–Crippen MR) is 220 cm³/mol. The SMILES string of the molecule is c1ccc2c(c1)-c1ccc(-c3ccc(N(c4ccc5ccccc5c4)c4ccc5c(c4)sc4ccccc45)cc3)cc1C21C2CC3CC(C2)CC1C3. The van der Waals surface area contributed by atoms with Crippen LogP contribution in [0.2, 0.25) is 0 Å². The number of hydrogen-bond acceptors (Lipinski definition) is 2. The zero-order chi connectivity index (χ0) is 34.0. The molecule has 0 radical (unpaired) electrons. The number of anilines is 3. The summed E-state index contributed by atoms with van der Waals surface area (Å²) in [5.41, 5.74) is 12.6. The molecule has 0 aliphatic heterocycles. The summed E-state index contributed by atoms with van der Waals surface area (Å²) in [6.45, 7) is 0. The second-order valence-electron chi connectivity index (χ2n) is 16.2. The molecular weight excluding hydrogens is 647 g/mol. The average Bonchev–Trinajstić information content (AvgIpc) is 3.70. The van der Waals surface area contributed by atoms with Crippen LogP contribution in [0.25, 0.3) is 53.2 Å². The standard InChI is InChI=1S/C50H39NS/c1-2-8-35-28-40(19-15-33(35)7-1)51(41-20-22-45-44-10-4-6-12-48(44)52-49(45)30-41)39-17-13-34(14-18-39)36-16-21-43-42-9-3-5-11-46(42)50(47(43)29-36)37-24-31-23-32(26-37)27-38(50)25-31/h1-22,28-32,37-38H,23-27H2. The average molecular weight is 686 g/mol. The van der Waals surface area contributed by atoms with Gasteiger partial charge in [0.25, 0.3) is 0 Å². The Balaban J connectivity index is 0.973. The summed E-state index contributed by atoms with van der Waals surface area (Å²) in [4.78, 5) is 2.43. The minimum atomic E-state index is 0.188. The minimum absolute atomic E-state index is 0.188. The largest absolute Gasteiger partial charge is 0.310 e. The minimum Gasteiger partial charge on any atom is -0.310 e. The van der Waals surface area contributed by atoms with E-state index in [2.05, 4.69) is 157 Å². The third-order valence-corrected chi connectivity index (χ3v) is 14.8. The van der Waals surface area contributed by atoms with Gasteiger partial charge in [-0.05, 0) is 148 Å². The van der Waals surface area contributed by atoms with Crippen molar-refractivity contribution in [3.63, 3.8) is 0 Å². The lowest BCUT2D eigenvalue weighted by atomic mass is 9.43. The molecule has 0 saturated heterocycles. The maximum Gasteiger partial charge on any atom is 0.0476 e. The van der Waals surface area contributed by atoms with Gasteiger partial charge in [0, 0.05) is 42.6 Å². The smallest absolute Gasteiger partial charge is 0.0476 e. The number of thiophene rings is 1. The van der Waals surface area contributed by atoms with Gasteiger partial charge in [0.1, 0.15) is 0 Å². The van der Waals surface area contributed by atoms with Crippen molar-refractivity contribution in [2.75, 3.05) is 4.90 Å². The summed E-state index contributed by atoms with van der Waals surface area (Å²) >= 11 is 1.88. The lowest BCUT2D eigenvalue weighted by molar-refractivity contribution is -0.0399. The van der Waals surface area contributed by atoms with Crippen molar-refractivity contribution in [3.8, 4) is 22.3 Å². The normalized spacial score (nSPS) is 23.8. The fraction of sp³-hybridized carbons (Fsp3) is 0.200. The van der Waals surface area contributed by atoms with Crippen LogP contribution in [0.3, 0.4) is 0 Å². The first-order valence-corrected chi connectivity index (χ1v) is 20.1. The number of rotatable bonds is 4. The molecule has 8 aromatic rings. The zero-order valence-corrected chi connectivity index (χ0v) is 30.0. The molecule has 0 amide bonds. The summed E-state index contributed by atoms with van der Waals surface area (Å²) in [5.74, 6) is 3.45. The maximum atomic E-state index is 2.61. The summed E-state index contributed by atoms with van der Waals surface area (Å²) in [6.07, 6.45) is 7.14. The lowest BCUT2D eigenvalue weighted by Gasteiger charge is -2.61. The summed E-state index contributed by atoms with van der Waals surface area (Å²) in [6, 6.07) is 57.6. The zero-order valence-electron chi connectivity index (χ0n) is 29.1. The van der Waals surface area contributed by atoms with Crippen molar-refractivity contribution in [2.45, 2.75) is 37.5 Å². The number of hydrogen-bond donors (Lipinski definition) is 0. The van der Waals surface area contributed by atoms with E-state index in [1.807, 2.05) is 11.3 Å². The van der Waals surface area contributed by atoms with Crippen LogP contribution >= 0.6 is 11.3 Å². The van der Waals surface area contributed by atoms with Crippen molar-refractivity contribution in [1.29, 1.82) is 0 Å². The van der Waals surface area contributed by atoms with Crippen molar-refractivity contribution in [1.82, 2.24) is 0 Å². The molecule has 1 heterocycles. The first kappa shape index (κ1) is 29.4. The topological polar surface area (TPSA) is 3.24 Å². The van der Waals surface area contributed by atoms with Crippen LogP contribution in [0, 0.1) is 23.7 Å². The van der Waals surface area contributed by atoms with Gasteiger partial charge < -0.3 is 4.90 Å². The van der Waals surface area contributed by atoms with E-state index in [9.17, 15) is 0 Å². The number of fused-ring (bicyclic) bond motifs is 7. The Kier molecular flexibility index (Phi) is 6.17. The van der Waals surface area contributed by atoms with E-state index >= 15 is 0 Å². The molecule has 1 nitrogen and oxygen atoms in total. The highest BCUT2D eigenvalue weighted by Crippen LogP contribution is 2.69. The first-order valence-electron chi connectivity index (χ1n) is 19.3. The highest BCUT2D eigenvalue weighted by Gasteiger charge is 2.61. The van der Waals surface area contributed by atoms with E-state index in [4.69, 9.17) is 0 Å². The monoisotopic (exact) mass is 685 g/mol. The molecule has 5 aliphatic carbocycles. The Morgan fingerprint density at radius 2 is 1.08 bits per heavy atom. The molecule has 4 bridgehead atoms. The third-order valence-electron chi connectivity index (χ3n) is 13.6. The fourth-order valence-electron chi connectivity index (χ4n) is 11.8. The van der Waals surface area contributed by atoms with Gasteiger partial charge in [-0.2, -0.15) is 0 Å². The molecule has 5 aliphatic rings. The van der Waals surface area contributed by atoms with Crippen molar-refractivity contribution in [2.24, 2.45) is 23.7 Å². The van der Waals surface area contributed by atoms with Gasteiger partial charge in [0.15, 0.2) is 0 Å². The third kappa shape index (κ3) is 4.10. The molecule has 1 aromatic heterocycles. The van der Waals surface area contributed by atoms with E-state index in [1.165, 1.54) is 102 Å². The Labute approximate surface area is 309 Å². The molecule has 0 unspecified atom stereocenters. The van der Waals surface area contributed by atoms with E-state index in [0.717, 1.165) is 23.7 Å². The second kappa shape index (κ2) is 10.9. The Hall–Kier alpha value is -5.18. The van der Waals surface area contributed by atoms with Gasteiger partial charge in [-0.3, -0.25) is 0 Å². The Morgan fingerprint density at radius 1 is 0.442 bits per heavy atom. The van der Waals surface area contributed by atoms with E-state index < -0.39 is 0 Å². The molecule has 250 valence electrons. The molecule has 7 aromatic carbocycles. The number of benzene rings is 7. The van der Waals surface area contributed by atoms with Crippen LogP contribution in [0.15, 0.2) is 152 Å². The summed E-state index contributed by atoms with van der Waals surface area (Å²) < 4.78 is 2.66. The van der Waals surface area contributed by atoms with E-state index in [1.54, 1.807) is 11.1 Å².